The molecule has 0 saturated carbocycles. The van der Waals surface area contributed by atoms with Gasteiger partial charge >= 0.3 is 0 Å². The number of thiazole rings is 1. The Morgan fingerprint density at radius 2 is 2.00 bits per heavy atom. The van der Waals surface area contributed by atoms with Gasteiger partial charge in [-0.15, -0.1) is 0 Å². The van der Waals surface area contributed by atoms with Gasteiger partial charge in [0, 0.05) is 6.54 Å². The minimum absolute atomic E-state index is 0.650. The van der Waals surface area contributed by atoms with E-state index < -0.39 is 0 Å². The van der Waals surface area contributed by atoms with E-state index in [1.165, 1.54) is 42.4 Å². The van der Waals surface area contributed by atoms with E-state index in [0.29, 0.717) is 5.13 Å². The third-order valence-corrected chi connectivity index (χ3v) is 4.53. The largest absolute Gasteiger partial charge is 0.375 e. The van der Waals surface area contributed by atoms with Gasteiger partial charge in [-0.2, -0.15) is 0 Å². The summed E-state index contributed by atoms with van der Waals surface area (Å²) in [6.45, 7) is 6.63. The Hall–Kier alpha value is -1.13. The molecule has 0 saturated heterocycles. The highest BCUT2D eigenvalue weighted by atomic mass is 32.1. The number of nitrogens with zero attached hydrogens (tertiary/aromatic N) is 1. The number of aromatic nitrogens is 1. The van der Waals surface area contributed by atoms with Crippen molar-refractivity contribution in [2.75, 3.05) is 12.3 Å². The molecule has 0 unspecified atom stereocenters. The molecule has 0 radical (unpaired) electrons. The maximum absolute atomic E-state index is 5.73. The molecule has 3 nitrogen and oxygen atoms in total. The molecule has 0 spiro atoms. The van der Waals surface area contributed by atoms with Crippen LogP contribution in [-0.4, -0.2) is 11.5 Å². The molecule has 1 heterocycles. The van der Waals surface area contributed by atoms with Crippen LogP contribution < -0.4 is 11.1 Å². The van der Waals surface area contributed by atoms with Crippen molar-refractivity contribution in [2.45, 2.75) is 52.5 Å². The van der Waals surface area contributed by atoms with Gasteiger partial charge in [-0.25, -0.2) is 4.98 Å². The van der Waals surface area contributed by atoms with E-state index in [1.807, 2.05) is 0 Å². The first kappa shape index (κ1) is 16.2. The average Bonchev–Trinajstić information content (AvgIpc) is 2.80. The van der Waals surface area contributed by atoms with Crippen molar-refractivity contribution in [1.82, 2.24) is 10.3 Å². The zero-order valence-electron chi connectivity index (χ0n) is 13.2. The fourth-order valence-corrected chi connectivity index (χ4v) is 3.28. The summed E-state index contributed by atoms with van der Waals surface area (Å²) in [5.74, 6) is 0.846. The van der Waals surface area contributed by atoms with E-state index in [0.717, 1.165) is 24.5 Å². The molecule has 3 N–H and O–H groups in total. The SMILES string of the molecule is CC(C)CCCCCCNCc1ccc2nc(N)sc2c1. The summed E-state index contributed by atoms with van der Waals surface area (Å²) in [6, 6.07) is 6.39. The van der Waals surface area contributed by atoms with Gasteiger partial charge in [0.1, 0.15) is 0 Å². The number of unbranched alkanes of at least 4 members (excludes halogenated alkanes) is 3. The van der Waals surface area contributed by atoms with Crippen LogP contribution in [0.25, 0.3) is 10.2 Å². The van der Waals surface area contributed by atoms with E-state index in [-0.39, 0.29) is 0 Å². The molecule has 1 aromatic carbocycles. The standard InChI is InChI=1S/C17H27N3S/c1-13(2)7-5-3-4-6-10-19-12-14-8-9-15-16(11-14)21-17(18)20-15/h8-9,11,13,19H,3-7,10,12H2,1-2H3,(H2,18,20). The van der Waals surface area contributed by atoms with Gasteiger partial charge in [0.2, 0.25) is 0 Å². The summed E-state index contributed by atoms with van der Waals surface area (Å²) in [5, 5.41) is 4.18. The molecular formula is C17H27N3S. The lowest BCUT2D eigenvalue weighted by Crippen LogP contribution is -2.14. The van der Waals surface area contributed by atoms with Crippen molar-refractivity contribution in [3.05, 3.63) is 23.8 Å². The fourth-order valence-electron chi connectivity index (χ4n) is 2.49. The number of anilines is 1. The van der Waals surface area contributed by atoms with Gasteiger partial charge in [0.05, 0.1) is 10.2 Å². The minimum Gasteiger partial charge on any atom is -0.375 e. The van der Waals surface area contributed by atoms with E-state index in [2.05, 4.69) is 42.3 Å². The third kappa shape index (κ3) is 5.64. The van der Waals surface area contributed by atoms with Crippen molar-refractivity contribution >= 4 is 26.7 Å². The molecule has 2 rings (SSSR count). The van der Waals surface area contributed by atoms with Crippen molar-refractivity contribution in [3.63, 3.8) is 0 Å². The van der Waals surface area contributed by atoms with Crippen molar-refractivity contribution < 1.29 is 0 Å². The second-order valence-corrected chi connectivity index (χ2v) is 7.19. The van der Waals surface area contributed by atoms with Gasteiger partial charge < -0.3 is 11.1 Å². The minimum atomic E-state index is 0.650. The Bertz CT molecular complexity index is 548. The zero-order valence-corrected chi connectivity index (χ0v) is 14.0. The number of rotatable bonds is 9. The van der Waals surface area contributed by atoms with E-state index in [1.54, 1.807) is 11.3 Å². The summed E-state index contributed by atoms with van der Waals surface area (Å²) >= 11 is 1.56. The maximum Gasteiger partial charge on any atom is 0.181 e. The van der Waals surface area contributed by atoms with Gasteiger partial charge in [-0.3, -0.25) is 0 Å². The highest BCUT2D eigenvalue weighted by Crippen LogP contribution is 2.24. The first-order valence-electron chi connectivity index (χ1n) is 8.01. The van der Waals surface area contributed by atoms with Crippen molar-refractivity contribution in [2.24, 2.45) is 5.92 Å². The Labute approximate surface area is 132 Å². The van der Waals surface area contributed by atoms with Crippen LogP contribution in [0.5, 0.6) is 0 Å². The van der Waals surface area contributed by atoms with Crippen LogP contribution in [0.2, 0.25) is 0 Å². The summed E-state index contributed by atoms with van der Waals surface area (Å²) in [7, 11) is 0. The number of benzene rings is 1. The highest BCUT2D eigenvalue weighted by Gasteiger charge is 2.02. The molecule has 4 heteroatoms. The number of nitrogen functional groups attached to an aromatic ring is 1. The van der Waals surface area contributed by atoms with Crippen LogP contribution in [0.15, 0.2) is 18.2 Å². The molecular weight excluding hydrogens is 278 g/mol. The summed E-state index contributed by atoms with van der Waals surface area (Å²) in [5.41, 5.74) is 8.05. The second-order valence-electron chi connectivity index (χ2n) is 6.13. The fraction of sp³-hybridized carbons (Fsp3) is 0.588. The number of nitrogens with two attached hydrogens (primary N) is 1. The van der Waals surface area contributed by atoms with E-state index in [9.17, 15) is 0 Å². The Morgan fingerprint density at radius 1 is 1.19 bits per heavy atom. The predicted octanol–water partition coefficient (Wildman–Crippen LogP) is 4.57. The molecule has 116 valence electrons. The quantitative estimate of drug-likeness (QED) is 0.667. The number of nitrogens with one attached hydrogen (secondary N) is 1. The second kappa shape index (κ2) is 8.35. The Morgan fingerprint density at radius 3 is 2.81 bits per heavy atom. The van der Waals surface area contributed by atoms with E-state index in [4.69, 9.17) is 5.73 Å². The van der Waals surface area contributed by atoms with Crippen molar-refractivity contribution in [3.8, 4) is 0 Å². The van der Waals surface area contributed by atoms with Crippen LogP contribution in [0.1, 0.15) is 51.5 Å². The maximum atomic E-state index is 5.73. The number of fused-ring (bicyclic) bond motifs is 1. The molecule has 0 bridgehead atoms. The van der Waals surface area contributed by atoms with Crippen LogP contribution in [0, 0.1) is 5.92 Å². The molecule has 0 aliphatic carbocycles. The molecule has 0 aliphatic heterocycles. The van der Waals surface area contributed by atoms with Gasteiger partial charge in [-0.1, -0.05) is 56.9 Å². The van der Waals surface area contributed by atoms with Gasteiger partial charge in [0.15, 0.2) is 5.13 Å². The van der Waals surface area contributed by atoms with Gasteiger partial charge in [-0.05, 0) is 36.6 Å². The smallest absolute Gasteiger partial charge is 0.181 e. The lowest BCUT2D eigenvalue weighted by molar-refractivity contribution is 0.512. The molecule has 1 aromatic heterocycles. The molecule has 0 fully saturated rings. The number of hydrogen-bond donors (Lipinski definition) is 2. The first-order valence-corrected chi connectivity index (χ1v) is 8.82. The molecule has 0 aliphatic rings. The molecule has 0 amide bonds. The van der Waals surface area contributed by atoms with Crippen LogP contribution >= 0.6 is 11.3 Å². The summed E-state index contributed by atoms with van der Waals surface area (Å²) in [4.78, 5) is 4.28. The first-order chi connectivity index (χ1) is 10.1. The normalized spacial score (nSPS) is 11.6. The lowest BCUT2D eigenvalue weighted by Gasteiger charge is -2.06. The summed E-state index contributed by atoms with van der Waals surface area (Å²) < 4.78 is 1.18. The average molecular weight is 305 g/mol. The molecule has 0 atom stereocenters. The highest BCUT2D eigenvalue weighted by molar-refractivity contribution is 7.22. The van der Waals surface area contributed by atoms with Crippen LogP contribution in [-0.2, 0) is 6.54 Å². The number of hydrogen-bond acceptors (Lipinski definition) is 4. The summed E-state index contributed by atoms with van der Waals surface area (Å²) in [6.07, 6.45) is 6.72. The monoisotopic (exact) mass is 305 g/mol. The lowest BCUT2D eigenvalue weighted by atomic mass is 10.0. The molecule has 21 heavy (non-hydrogen) atoms. The van der Waals surface area contributed by atoms with E-state index >= 15 is 0 Å². The predicted molar refractivity (Wildman–Crippen MR) is 93.7 cm³/mol. The van der Waals surface area contributed by atoms with Crippen LogP contribution in [0.3, 0.4) is 0 Å². The van der Waals surface area contributed by atoms with Crippen molar-refractivity contribution in [1.29, 1.82) is 0 Å². The Kier molecular flexibility index (Phi) is 6.46. The van der Waals surface area contributed by atoms with Gasteiger partial charge in [0.25, 0.3) is 0 Å². The zero-order chi connectivity index (χ0) is 15.1. The molecule has 2 aromatic rings. The topological polar surface area (TPSA) is 50.9 Å². The third-order valence-electron chi connectivity index (χ3n) is 3.68. The Balaban J connectivity index is 1.61. The van der Waals surface area contributed by atoms with Crippen LogP contribution in [0.4, 0.5) is 5.13 Å².